The minimum absolute atomic E-state index is 0.693. The van der Waals surface area contributed by atoms with Crippen molar-refractivity contribution in [1.29, 1.82) is 0 Å². The fourth-order valence-corrected chi connectivity index (χ4v) is 1.42. The van der Waals surface area contributed by atoms with E-state index < -0.39 is 0 Å². The van der Waals surface area contributed by atoms with E-state index in [9.17, 15) is 0 Å². The van der Waals surface area contributed by atoms with E-state index in [4.69, 9.17) is 10.5 Å². The fourth-order valence-electron chi connectivity index (χ4n) is 1.42. The molecular weight excluding hydrogens is 178 g/mol. The highest BCUT2D eigenvalue weighted by Gasteiger charge is 2.14. The molecule has 0 atom stereocenters. The van der Waals surface area contributed by atoms with Crippen LogP contribution in [-0.4, -0.2) is 62.9 Å². The Hall–Kier alpha value is -0.160. The first-order valence-electron chi connectivity index (χ1n) is 5.50. The van der Waals surface area contributed by atoms with Gasteiger partial charge in [0.1, 0.15) is 0 Å². The minimum Gasteiger partial charge on any atom is -0.383 e. The third-order valence-electron chi connectivity index (χ3n) is 2.33. The molecule has 1 aliphatic rings. The second-order valence-electron chi connectivity index (χ2n) is 3.14. The van der Waals surface area contributed by atoms with Crippen molar-refractivity contribution in [2.45, 2.75) is 13.8 Å². The zero-order chi connectivity index (χ0) is 10.8. The lowest BCUT2D eigenvalue weighted by Crippen LogP contribution is -2.48. The van der Waals surface area contributed by atoms with Crippen LogP contribution in [0.3, 0.4) is 0 Å². The van der Waals surface area contributed by atoms with Crippen molar-refractivity contribution >= 4 is 0 Å². The van der Waals surface area contributed by atoms with E-state index in [1.54, 1.807) is 7.11 Å². The predicted molar refractivity (Wildman–Crippen MR) is 60.3 cm³/mol. The largest absolute Gasteiger partial charge is 0.383 e. The number of rotatable bonds is 4. The average Bonchev–Trinajstić information content (AvgIpc) is 2.30. The standard InChI is InChI=1S/C8H19N3O.C2H6/c1-12-7-6-10-2-4-11(8-9)5-3-10;1-2/h2-9H2,1H3;1-2H3. The maximum absolute atomic E-state index is 5.53. The van der Waals surface area contributed by atoms with Gasteiger partial charge in [-0.15, -0.1) is 0 Å². The molecule has 0 saturated carbocycles. The summed E-state index contributed by atoms with van der Waals surface area (Å²) in [6, 6.07) is 0. The molecule has 0 unspecified atom stereocenters. The highest BCUT2D eigenvalue weighted by atomic mass is 16.5. The molecule has 0 bridgehead atoms. The molecule has 1 heterocycles. The number of ether oxygens (including phenoxy) is 1. The van der Waals surface area contributed by atoms with E-state index in [2.05, 4.69) is 9.80 Å². The summed E-state index contributed by atoms with van der Waals surface area (Å²) in [5.74, 6) is 0. The van der Waals surface area contributed by atoms with Crippen LogP contribution < -0.4 is 5.73 Å². The predicted octanol–water partition coefficient (Wildman–Crippen LogP) is 0.193. The first-order valence-corrected chi connectivity index (χ1v) is 5.50. The second kappa shape index (κ2) is 9.40. The molecule has 4 heteroatoms. The molecule has 2 N–H and O–H groups in total. The van der Waals surface area contributed by atoms with Crippen LogP contribution in [0.2, 0.25) is 0 Å². The van der Waals surface area contributed by atoms with Crippen LogP contribution >= 0.6 is 0 Å². The summed E-state index contributed by atoms with van der Waals surface area (Å²) in [4.78, 5) is 4.68. The Bertz CT molecular complexity index is 114. The van der Waals surface area contributed by atoms with E-state index in [0.29, 0.717) is 6.67 Å². The molecule has 1 fully saturated rings. The van der Waals surface area contributed by atoms with Crippen LogP contribution in [0, 0.1) is 0 Å². The van der Waals surface area contributed by atoms with Gasteiger partial charge in [-0.05, 0) is 0 Å². The smallest absolute Gasteiger partial charge is 0.0589 e. The summed E-state index contributed by atoms with van der Waals surface area (Å²) in [7, 11) is 1.75. The van der Waals surface area contributed by atoms with Crippen LogP contribution in [0.15, 0.2) is 0 Å². The van der Waals surface area contributed by atoms with Crippen molar-refractivity contribution in [2.75, 3.05) is 53.1 Å². The molecule has 1 aliphatic heterocycles. The maximum Gasteiger partial charge on any atom is 0.0589 e. The molecule has 0 amide bonds. The van der Waals surface area contributed by atoms with Crippen molar-refractivity contribution < 1.29 is 4.74 Å². The van der Waals surface area contributed by atoms with E-state index in [1.165, 1.54) is 0 Å². The Morgan fingerprint density at radius 2 is 1.57 bits per heavy atom. The van der Waals surface area contributed by atoms with Crippen LogP contribution in [0.5, 0.6) is 0 Å². The maximum atomic E-state index is 5.53. The van der Waals surface area contributed by atoms with Crippen molar-refractivity contribution in [1.82, 2.24) is 9.80 Å². The lowest BCUT2D eigenvalue weighted by molar-refractivity contribution is 0.0983. The van der Waals surface area contributed by atoms with E-state index >= 15 is 0 Å². The lowest BCUT2D eigenvalue weighted by Gasteiger charge is -2.33. The Balaban J connectivity index is 0.000000791. The lowest BCUT2D eigenvalue weighted by atomic mass is 10.3. The van der Waals surface area contributed by atoms with Gasteiger partial charge in [-0.25, -0.2) is 0 Å². The molecule has 0 aromatic carbocycles. The van der Waals surface area contributed by atoms with Crippen molar-refractivity contribution in [3.63, 3.8) is 0 Å². The van der Waals surface area contributed by atoms with Crippen molar-refractivity contribution in [3.05, 3.63) is 0 Å². The summed E-state index contributed by atoms with van der Waals surface area (Å²) < 4.78 is 5.02. The Morgan fingerprint density at radius 1 is 1.07 bits per heavy atom. The number of hydrogen-bond donors (Lipinski definition) is 1. The zero-order valence-corrected chi connectivity index (χ0v) is 9.83. The highest BCUT2D eigenvalue weighted by molar-refractivity contribution is 4.69. The van der Waals surface area contributed by atoms with Gasteiger partial charge in [0, 0.05) is 46.5 Å². The topological polar surface area (TPSA) is 41.7 Å². The molecule has 86 valence electrons. The molecule has 0 radical (unpaired) electrons. The van der Waals surface area contributed by atoms with Crippen molar-refractivity contribution in [3.8, 4) is 0 Å². The van der Waals surface area contributed by atoms with E-state index in [1.807, 2.05) is 13.8 Å². The first-order chi connectivity index (χ1) is 6.86. The Morgan fingerprint density at radius 3 is 2.00 bits per heavy atom. The molecule has 4 nitrogen and oxygen atoms in total. The number of methoxy groups -OCH3 is 1. The number of piperazine rings is 1. The molecule has 0 aromatic heterocycles. The summed E-state index contributed by atoms with van der Waals surface area (Å²) in [6.07, 6.45) is 0. The third-order valence-corrected chi connectivity index (χ3v) is 2.33. The van der Waals surface area contributed by atoms with Gasteiger partial charge < -0.3 is 10.5 Å². The third kappa shape index (κ3) is 5.54. The molecule has 0 aliphatic carbocycles. The molecule has 1 saturated heterocycles. The van der Waals surface area contributed by atoms with Gasteiger partial charge in [0.15, 0.2) is 0 Å². The normalized spacial score (nSPS) is 18.9. The Kier molecular flexibility index (Phi) is 9.29. The molecule has 14 heavy (non-hydrogen) atoms. The summed E-state index contributed by atoms with van der Waals surface area (Å²) in [5, 5.41) is 0. The number of nitrogens with zero attached hydrogens (tertiary/aromatic N) is 2. The number of hydrogen-bond acceptors (Lipinski definition) is 4. The molecular formula is C10H25N3O. The van der Waals surface area contributed by atoms with Crippen molar-refractivity contribution in [2.24, 2.45) is 5.73 Å². The highest BCUT2D eigenvalue weighted by Crippen LogP contribution is 1.98. The first kappa shape index (κ1) is 13.8. The van der Waals surface area contributed by atoms with Gasteiger partial charge >= 0.3 is 0 Å². The summed E-state index contributed by atoms with van der Waals surface area (Å²) >= 11 is 0. The van der Waals surface area contributed by atoms with Gasteiger partial charge in [0.2, 0.25) is 0 Å². The number of nitrogens with two attached hydrogens (primary N) is 1. The summed E-state index contributed by atoms with van der Waals surface area (Å²) in [5.41, 5.74) is 5.53. The molecule has 1 rings (SSSR count). The van der Waals surface area contributed by atoms with E-state index in [-0.39, 0.29) is 0 Å². The zero-order valence-electron chi connectivity index (χ0n) is 9.83. The van der Waals surface area contributed by atoms with E-state index in [0.717, 1.165) is 39.3 Å². The monoisotopic (exact) mass is 203 g/mol. The van der Waals surface area contributed by atoms with Gasteiger partial charge in [0.25, 0.3) is 0 Å². The van der Waals surface area contributed by atoms with Crippen LogP contribution in [-0.2, 0) is 4.74 Å². The summed E-state index contributed by atoms with van der Waals surface area (Å²) in [6.45, 7) is 11.0. The van der Waals surface area contributed by atoms with Gasteiger partial charge in [0.05, 0.1) is 6.61 Å². The quantitative estimate of drug-likeness (QED) is 0.708. The van der Waals surface area contributed by atoms with Gasteiger partial charge in [-0.2, -0.15) is 0 Å². The average molecular weight is 203 g/mol. The Labute approximate surface area is 88.0 Å². The van der Waals surface area contributed by atoms with Crippen LogP contribution in [0.25, 0.3) is 0 Å². The minimum atomic E-state index is 0.693. The van der Waals surface area contributed by atoms with Crippen LogP contribution in [0.4, 0.5) is 0 Å². The van der Waals surface area contributed by atoms with Gasteiger partial charge in [-0.3, -0.25) is 9.80 Å². The molecule has 0 aromatic rings. The SMILES string of the molecule is CC.COCCN1CCN(CN)CC1. The fraction of sp³-hybridized carbons (Fsp3) is 1.00. The second-order valence-corrected chi connectivity index (χ2v) is 3.14. The van der Waals surface area contributed by atoms with Crippen LogP contribution in [0.1, 0.15) is 13.8 Å². The molecule has 0 spiro atoms. The van der Waals surface area contributed by atoms with Gasteiger partial charge in [-0.1, -0.05) is 13.8 Å².